The minimum Gasteiger partial charge on any atom is -0.480 e. The molecule has 1 unspecified atom stereocenters. The summed E-state index contributed by atoms with van der Waals surface area (Å²) in [5.41, 5.74) is -1.16. The van der Waals surface area contributed by atoms with Crippen LogP contribution < -0.4 is 5.32 Å². The maximum absolute atomic E-state index is 11.7. The second-order valence-corrected chi connectivity index (χ2v) is 5.97. The molecular weight excluding hydrogens is 274 g/mol. The van der Waals surface area contributed by atoms with Gasteiger partial charge in [0.2, 0.25) is 5.91 Å². The maximum Gasteiger partial charge on any atom is 0.329 e. The van der Waals surface area contributed by atoms with Crippen molar-refractivity contribution in [2.24, 2.45) is 0 Å². The lowest BCUT2D eigenvalue weighted by Gasteiger charge is -2.24. The normalized spacial score (nSPS) is 13.5. The number of hydrogen-bond acceptors (Lipinski definition) is 3. The number of nitrogens with one attached hydrogen (secondary N) is 1. The smallest absolute Gasteiger partial charge is 0.329 e. The Hall–Kier alpha value is -1.49. The van der Waals surface area contributed by atoms with Crippen LogP contribution in [0.15, 0.2) is 35.2 Å². The van der Waals surface area contributed by atoms with Crippen molar-refractivity contribution in [3.05, 3.63) is 30.3 Å². The molecule has 1 amide bonds. The van der Waals surface area contributed by atoms with Crippen molar-refractivity contribution in [3.63, 3.8) is 0 Å². The van der Waals surface area contributed by atoms with Gasteiger partial charge in [0.25, 0.3) is 0 Å². The molecule has 2 N–H and O–H groups in total. The quantitative estimate of drug-likeness (QED) is 0.571. The molecule has 0 aliphatic carbocycles. The fraction of sp³-hybridized carbons (Fsp3) is 0.467. The van der Waals surface area contributed by atoms with Gasteiger partial charge in [-0.25, -0.2) is 4.79 Å². The molecule has 0 saturated heterocycles. The topological polar surface area (TPSA) is 66.4 Å². The molecule has 0 radical (unpaired) electrons. The molecule has 0 bridgehead atoms. The Balaban J connectivity index is 2.28. The zero-order valence-electron chi connectivity index (χ0n) is 11.9. The molecule has 1 aromatic carbocycles. The Morgan fingerprint density at radius 1 is 1.30 bits per heavy atom. The summed E-state index contributed by atoms with van der Waals surface area (Å²) < 4.78 is 0. The summed E-state index contributed by atoms with van der Waals surface area (Å²) in [6, 6.07) is 9.99. The van der Waals surface area contributed by atoms with Gasteiger partial charge in [-0.05, 0) is 37.7 Å². The highest BCUT2D eigenvalue weighted by molar-refractivity contribution is 7.99. The number of carboxylic acids is 1. The van der Waals surface area contributed by atoms with Crippen molar-refractivity contribution in [2.75, 3.05) is 5.75 Å². The fourth-order valence-electron chi connectivity index (χ4n) is 1.60. The van der Waals surface area contributed by atoms with Gasteiger partial charge in [-0.3, -0.25) is 4.79 Å². The zero-order valence-corrected chi connectivity index (χ0v) is 12.7. The highest BCUT2D eigenvalue weighted by atomic mass is 32.2. The predicted octanol–water partition coefficient (Wildman–Crippen LogP) is 2.93. The van der Waals surface area contributed by atoms with Crippen LogP contribution in [-0.2, 0) is 9.59 Å². The lowest BCUT2D eigenvalue weighted by molar-refractivity contribution is -0.147. The SMILES string of the molecule is CCC(C)(NC(=O)CCCSc1ccccc1)C(=O)O. The number of amides is 1. The van der Waals surface area contributed by atoms with E-state index in [2.05, 4.69) is 5.32 Å². The number of rotatable bonds is 8. The number of benzene rings is 1. The van der Waals surface area contributed by atoms with Crippen LogP contribution in [0.25, 0.3) is 0 Å². The molecule has 0 aromatic heterocycles. The van der Waals surface area contributed by atoms with E-state index in [4.69, 9.17) is 5.11 Å². The molecular formula is C15H21NO3S. The first-order valence-electron chi connectivity index (χ1n) is 6.70. The predicted molar refractivity (Wildman–Crippen MR) is 80.9 cm³/mol. The summed E-state index contributed by atoms with van der Waals surface area (Å²) in [5.74, 6) is -0.356. The highest BCUT2D eigenvalue weighted by Crippen LogP contribution is 2.18. The Bertz CT molecular complexity index is 450. The summed E-state index contributed by atoms with van der Waals surface area (Å²) in [6.45, 7) is 3.28. The Morgan fingerprint density at radius 3 is 2.50 bits per heavy atom. The van der Waals surface area contributed by atoms with Crippen molar-refractivity contribution < 1.29 is 14.7 Å². The Morgan fingerprint density at radius 2 is 1.95 bits per heavy atom. The minimum atomic E-state index is -1.16. The first kappa shape index (κ1) is 16.6. The average Bonchev–Trinajstić information content (AvgIpc) is 2.44. The number of hydrogen-bond donors (Lipinski definition) is 2. The van der Waals surface area contributed by atoms with Crippen LogP contribution in [0.1, 0.15) is 33.1 Å². The third kappa shape index (κ3) is 5.25. The first-order valence-corrected chi connectivity index (χ1v) is 7.69. The van der Waals surface area contributed by atoms with E-state index in [9.17, 15) is 9.59 Å². The van der Waals surface area contributed by atoms with Gasteiger partial charge in [-0.15, -0.1) is 11.8 Å². The average molecular weight is 295 g/mol. The number of carboxylic acid groups (broad SMARTS) is 1. The van der Waals surface area contributed by atoms with Crippen molar-refractivity contribution in [3.8, 4) is 0 Å². The summed E-state index contributed by atoms with van der Waals surface area (Å²) in [7, 11) is 0. The Kier molecular flexibility index (Phi) is 6.58. The summed E-state index contributed by atoms with van der Waals surface area (Å²) in [6.07, 6.45) is 1.44. The van der Waals surface area contributed by atoms with Crippen molar-refractivity contribution in [1.82, 2.24) is 5.32 Å². The monoisotopic (exact) mass is 295 g/mol. The molecule has 110 valence electrons. The first-order chi connectivity index (χ1) is 9.48. The van der Waals surface area contributed by atoms with Crippen LogP contribution >= 0.6 is 11.8 Å². The van der Waals surface area contributed by atoms with E-state index < -0.39 is 11.5 Å². The third-order valence-electron chi connectivity index (χ3n) is 3.15. The van der Waals surface area contributed by atoms with Crippen molar-refractivity contribution in [1.29, 1.82) is 0 Å². The van der Waals surface area contributed by atoms with Crippen LogP contribution in [0, 0.1) is 0 Å². The number of aliphatic carboxylic acids is 1. The van der Waals surface area contributed by atoms with E-state index in [1.54, 1.807) is 18.7 Å². The van der Waals surface area contributed by atoms with E-state index in [-0.39, 0.29) is 5.91 Å². The lowest BCUT2D eigenvalue weighted by atomic mass is 9.99. The van der Waals surface area contributed by atoms with Crippen LogP contribution in [0.4, 0.5) is 0 Å². The molecule has 0 saturated carbocycles. The van der Waals surface area contributed by atoms with Gasteiger partial charge in [0, 0.05) is 11.3 Å². The van der Waals surface area contributed by atoms with Gasteiger partial charge < -0.3 is 10.4 Å². The summed E-state index contributed by atoms with van der Waals surface area (Å²) >= 11 is 1.70. The molecule has 1 rings (SSSR count). The highest BCUT2D eigenvalue weighted by Gasteiger charge is 2.32. The summed E-state index contributed by atoms with van der Waals surface area (Å²) in [5, 5.41) is 11.7. The van der Waals surface area contributed by atoms with E-state index >= 15 is 0 Å². The van der Waals surface area contributed by atoms with Gasteiger partial charge in [0.1, 0.15) is 5.54 Å². The number of carbonyl (C=O) groups excluding carboxylic acids is 1. The molecule has 20 heavy (non-hydrogen) atoms. The molecule has 1 atom stereocenters. The Labute approximate surface area is 124 Å². The molecule has 0 heterocycles. The molecule has 0 fully saturated rings. The van der Waals surface area contributed by atoms with Crippen LogP contribution in [0.3, 0.4) is 0 Å². The maximum atomic E-state index is 11.7. The second-order valence-electron chi connectivity index (χ2n) is 4.80. The summed E-state index contributed by atoms with van der Waals surface area (Å²) in [4.78, 5) is 24.0. The minimum absolute atomic E-state index is 0.203. The van der Waals surface area contributed by atoms with Crippen LogP contribution in [0.5, 0.6) is 0 Å². The third-order valence-corrected chi connectivity index (χ3v) is 4.25. The van der Waals surface area contributed by atoms with E-state index in [0.29, 0.717) is 12.8 Å². The van der Waals surface area contributed by atoms with E-state index in [1.807, 2.05) is 30.3 Å². The lowest BCUT2D eigenvalue weighted by Crippen LogP contribution is -2.51. The van der Waals surface area contributed by atoms with Crippen LogP contribution in [-0.4, -0.2) is 28.3 Å². The van der Waals surface area contributed by atoms with E-state index in [1.165, 1.54) is 11.8 Å². The molecule has 4 nitrogen and oxygen atoms in total. The van der Waals surface area contributed by atoms with Gasteiger partial charge in [0.15, 0.2) is 0 Å². The fourth-order valence-corrected chi connectivity index (χ4v) is 2.48. The van der Waals surface area contributed by atoms with Gasteiger partial charge in [0.05, 0.1) is 0 Å². The van der Waals surface area contributed by atoms with Gasteiger partial charge in [-0.2, -0.15) is 0 Å². The second kappa shape index (κ2) is 7.94. The van der Waals surface area contributed by atoms with Crippen molar-refractivity contribution in [2.45, 2.75) is 43.5 Å². The number of carbonyl (C=O) groups is 2. The van der Waals surface area contributed by atoms with Crippen molar-refractivity contribution >= 4 is 23.6 Å². The molecule has 0 spiro atoms. The number of thioether (sulfide) groups is 1. The molecule has 1 aromatic rings. The van der Waals surface area contributed by atoms with Crippen LogP contribution in [0.2, 0.25) is 0 Å². The van der Waals surface area contributed by atoms with Gasteiger partial charge >= 0.3 is 5.97 Å². The zero-order chi connectivity index (χ0) is 15.0. The molecule has 5 heteroatoms. The largest absolute Gasteiger partial charge is 0.480 e. The van der Waals surface area contributed by atoms with Gasteiger partial charge in [-0.1, -0.05) is 25.1 Å². The van der Waals surface area contributed by atoms with E-state index in [0.717, 1.165) is 12.2 Å². The molecule has 0 aliphatic rings. The standard InChI is InChI=1S/C15H21NO3S/c1-3-15(2,14(18)19)16-13(17)10-7-11-20-12-8-5-4-6-9-12/h4-6,8-9H,3,7,10-11H2,1-2H3,(H,16,17)(H,18,19). The molecule has 0 aliphatic heterocycles.